The minimum Gasteiger partial charge on any atom is -0.379 e. The Labute approximate surface area is 120 Å². The Balaban J connectivity index is 1.65. The van der Waals surface area contributed by atoms with Crippen molar-refractivity contribution in [1.29, 1.82) is 0 Å². The van der Waals surface area contributed by atoms with E-state index in [1.807, 2.05) is 23.1 Å². The Morgan fingerprint density at radius 1 is 1.30 bits per heavy atom. The molecule has 0 bridgehead atoms. The maximum Gasteiger partial charge on any atom is 0.241 e. The van der Waals surface area contributed by atoms with E-state index in [0.717, 1.165) is 25.7 Å². The van der Waals surface area contributed by atoms with Gasteiger partial charge in [-0.3, -0.25) is 10.1 Å². The quantitative estimate of drug-likeness (QED) is 0.906. The molecule has 20 heavy (non-hydrogen) atoms. The SMILES string of the molecule is COC1CCCC1N1CNC(Cc2ccccc2)C1=O. The van der Waals surface area contributed by atoms with Gasteiger partial charge < -0.3 is 9.64 Å². The molecule has 1 N–H and O–H groups in total. The average Bonchev–Trinajstić information content (AvgIpc) is 3.07. The monoisotopic (exact) mass is 274 g/mol. The molecule has 3 unspecified atom stereocenters. The van der Waals surface area contributed by atoms with Crippen molar-refractivity contribution >= 4 is 5.91 Å². The molecule has 1 heterocycles. The highest BCUT2D eigenvalue weighted by atomic mass is 16.5. The van der Waals surface area contributed by atoms with E-state index in [0.29, 0.717) is 6.67 Å². The van der Waals surface area contributed by atoms with Gasteiger partial charge in [0.05, 0.1) is 24.9 Å². The van der Waals surface area contributed by atoms with Gasteiger partial charge in [-0.1, -0.05) is 30.3 Å². The van der Waals surface area contributed by atoms with Crippen molar-refractivity contribution < 1.29 is 9.53 Å². The first-order valence-corrected chi connectivity index (χ1v) is 7.40. The number of methoxy groups -OCH3 is 1. The summed E-state index contributed by atoms with van der Waals surface area (Å²) in [5, 5.41) is 3.35. The van der Waals surface area contributed by atoms with Gasteiger partial charge in [-0.05, 0) is 31.2 Å². The van der Waals surface area contributed by atoms with E-state index in [1.165, 1.54) is 5.56 Å². The van der Waals surface area contributed by atoms with Crippen LogP contribution in [0.2, 0.25) is 0 Å². The standard InChI is InChI=1S/C16H22N2O2/c1-20-15-9-5-8-14(15)18-11-17-13(16(18)19)10-12-6-3-2-4-7-12/h2-4,6-7,13-15,17H,5,8-11H2,1H3. The number of nitrogens with zero attached hydrogens (tertiary/aromatic N) is 1. The van der Waals surface area contributed by atoms with Crippen molar-refractivity contribution in [2.45, 2.75) is 43.9 Å². The Hall–Kier alpha value is -1.39. The number of amides is 1. The highest BCUT2D eigenvalue weighted by Crippen LogP contribution is 2.28. The molecule has 2 fully saturated rings. The lowest BCUT2D eigenvalue weighted by Gasteiger charge is -2.28. The second-order valence-electron chi connectivity index (χ2n) is 5.68. The largest absolute Gasteiger partial charge is 0.379 e. The summed E-state index contributed by atoms with van der Waals surface area (Å²) in [6.45, 7) is 0.654. The molecule has 1 aromatic carbocycles. The lowest BCUT2D eigenvalue weighted by atomic mass is 10.1. The van der Waals surface area contributed by atoms with Gasteiger partial charge in [0.1, 0.15) is 0 Å². The first-order chi connectivity index (χ1) is 9.79. The molecule has 2 aliphatic rings. The van der Waals surface area contributed by atoms with Crippen molar-refractivity contribution in [2.75, 3.05) is 13.8 Å². The third-order valence-electron chi connectivity index (χ3n) is 4.49. The van der Waals surface area contributed by atoms with Crippen molar-refractivity contribution in [1.82, 2.24) is 10.2 Å². The van der Waals surface area contributed by atoms with Crippen molar-refractivity contribution in [3.63, 3.8) is 0 Å². The minimum atomic E-state index is -0.0875. The van der Waals surface area contributed by atoms with E-state index in [4.69, 9.17) is 4.74 Å². The lowest BCUT2D eigenvalue weighted by molar-refractivity contribution is -0.132. The van der Waals surface area contributed by atoms with Crippen molar-refractivity contribution in [3.05, 3.63) is 35.9 Å². The lowest BCUT2D eigenvalue weighted by Crippen LogP contribution is -2.43. The Morgan fingerprint density at radius 2 is 2.10 bits per heavy atom. The first kappa shape index (κ1) is 13.6. The molecule has 0 spiro atoms. The predicted molar refractivity (Wildman–Crippen MR) is 77.2 cm³/mol. The van der Waals surface area contributed by atoms with E-state index in [9.17, 15) is 4.79 Å². The summed E-state index contributed by atoms with van der Waals surface area (Å²) in [6, 6.07) is 10.4. The average molecular weight is 274 g/mol. The fourth-order valence-corrected chi connectivity index (χ4v) is 3.40. The molecule has 0 radical (unpaired) electrons. The maximum absolute atomic E-state index is 12.6. The number of nitrogens with one attached hydrogen (secondary N) is 1. The van der Waals surface area contributed by atoms with Crippen LogP contribution in [0.15, 0.2) is 30.3 Å². The fourth-order valence-electron chi connectivity index (χ4n) is 3.40. The number of carbonyl (C=O) groups excluding carboxylic acids is 1. The van der Waals surface area contributed by atoms with Crippen LogP contribution in [-0.4, -0.2) is 42.8 Å². The minimum absolute atomic E-state index is 0.0875. The predicted octanol–water partition coefficient (Wildman–Crippen LogP) is 1.55. The van der Waals surface area contributed by atoms with Gasteiger partial charge in [-0.2, -0.15) is 0 Å². The van der Waals surface area contributed by atoms with Crippen LogP contribution in [0.3, 0.4) is 0 Å². The molecule has 1 amide bonds. The number of hydrogen-bond donors (Lipinski definition) is 1. The molecule has 1 aliphatic carbocycles. The van der Waals surface area contributed by atoms with Crippen LogP contribution in [0.1, 0.15) is 24.8 Å². The van der Waals surface area contributed by atoms with Gasteiger partial charge in [0.2, 0.25) is 5.91 Å². The molecule has 4 nitrogen and oxygen atoms in total. The molecular weight excluding hydrogens is 252 g/mol. The Bertz CT molecular complexity index is 463. The summed E-state index contributed by atoms with van der Waals surface area (Å²) in [6.07, 6.45) is 4.24. The van der Waals surface area contributed by atoms with Gasteiger partial charge in [-0.25, -0.2) is 0 Å². The zero-order valence-corrected chi connectivity index (χ0v) is 11.9. The smallest absolute Gasteiger partial charge is 0.241 e. The summed E-state index contributed by atoms with van der Waals surface area (Å²) in [4.78, 5) is 14.5. The summed E-state index contributed by atoms with van der Waals surface area (Å²) in [5.41, 5.74) is 1.20. The van der Waals surface area contributed by atoms with Crippen LogP contribution in [0, 0.1) is 0 Å². The van der Waals surface area contributed by atoms with E-state index < -0.39 is 0 Å². The second kappa shape index (κ2) is 5.94. The van der Waals surface area contributed by atoms with Crippen LogP contribution in [-0.2, 0) is 16.0 Å². The van der Waals surface area contributed by atoms with Crippen LogP contribution >= 0.6 is 0 Å². The number of rotatable bonds is 4. The fraction of sp³-hybridized carbons (Fsp3) is 0.562. The summed E-state index contributed by atoms with van der Waals surface area (Å²) in [5.74, 6) is 0.225. The van der Waals surface area contributed by atoms with Crippen molar-refractivity contribution in [3.8, 4) is 0 Å². The summed E-state index contributed by atoms with van der Waals surface area (Å²) < 4.78 is 5.52. The molecule has 1 saturated heterocycles. The van der Waals surface area contributed by atoms with Gasteiger partial charge in [0, 0.05) is 7.11 Å². The molecule has 1 saturated carbocycles. The van der Waals surface area contributed by atoms with Crippen molar-refractivity contribution in [2.24, 2.45) is 0 Å². The molecule has 4 heteroatoms. The third kappa shape index (κ3) is 2.58. The van der Waals surface area contributed by atoms with Crippen LogP contribution < -0.4 is 5.32 Å². The maximum atomic E-state index is 12.6. The molecule has 0 aromatic heterocycles. The third-order valence-corrected chi connectivity index (χ3v) is 4.49. The number of benzene rings is 1. The molecule has 1 aliphatic heterocycles. The van der Waals surface area contributed by atoms with Gasteiger partial charge in [0.25, 0.3) is 0 Å². The van der Waals surface area contributed by atoms with Gasteiger partial charge in [0.15, 0.2) is 0 Å². The number of carbonyl (C=O) groups is 1. The molecular formula is C16H22N2O2. The Morgan fingerprint density at radius 3 is 2.85 bits per heavy atom. The molecule has 3 atom stereocenters. The molecule has 1 aromatic rings. The zero-order valence-electron chi connectivity index (χ0n) is 11.9. The summed E-state index contributed by atoms with van der Waals surface area (Å²) in [7, 11) is 1.75. The van der Waals surface area contributed by atoms with Gasteiger partial charge in [-0.15, -0.1) is 0 Å². The molecule has 108 valence electrons. The van der Waals surface area contributed by atoms with Crippen LogP contribution in [0.25, 0.3) is 0 Å². The van der Waals surface area contributed by atoms with E-state index in [-0.39, 0.29) is 24.1 Å². The first-order valence-electron chi connectivity index (χ1n) is 7.40. The topological polar surface area (TPSA) is 41.6 Å². The van der Waals surface area contributed by atoms with E-state index >= 15 is 0 Å². The van der Waals surface area contributed by atoms with Crippen LogP contribution in [0.5, 0.6) is 0 Å². The number of ether oxygens (including phenoxy) is 1. The Kier molecular flexibility index (Phi) is 4.03. The van der Waals surface area contributed by atoms with Crippen LogP contribution in [0.4, 0.5) is 0 Å². The second-order valence-corrected chi connectivity index (χ2v) is 5.68. The van der Waals surface area contributed by atoms with Gasteiger partial charge >= 0.3 is 0 Å². The zero-order chi connectivity index (χ0) is 13.9. The normalized spacial score (nSPS) is 30.1. The van der Waals surface area contributed by atoms with E-state index in [1.54, 1.807) is 7.11 Å². The van der Waals surface area contributed by atoms with E-state index in [2.05, 4.69) is 17.4 Å². The number of hydrogen-bond acceptors (Lipinski definition) is 3. The summed E-state index contributed by atoms with van der Waals surface area (Å²) >= 11 is 0. The highest BCUT2D eigenvalue weighted by Gasteiger charge is 2.40. The molecule has 3 rings (SSSR count). The highest BCUT2D eigenvalue weighted by molar-refractivity contribution is 5.84.